The first-order valence-corrected chi connectivity index (χ1v) is 8.23. The highest BCUT2D eigenvalue weighted by Gasteiger charge is 2.26. The van der Waals surface area contributed by atoms with Gasteiger partial charge in [0.25, 0.3) is 5.69 Å². The molecule has 0 fully saturated rings. The first-order valence-electron chi connectivity index (χ1n) is 6.75. The predicted molar refractivity (Wildman–Crippen MR) is 84.8 cm³/mol. The number of hydrogen-bond acceptors (Lipinski definition) is 5. The largest absolute Gasteiger partial charge is 0.497 e. The lowest BCUT2D eigenvalue weighted by atomic mass is 10.1. The van der Waals surface area contributed by atoms with Crippen LogP contribution in [0.3, 0.4) is 0 Å². The zero-order valence-electron chi connectivity index (χ0n) is 12.6. The summed E-state index contributed by atoms with van der Waals surface area (Å²) in [6, 6.07) is 11.6. The zero-order valence-corrected chi connectivity index (χ0v) is 13.4. The van der Waals surface area contributed by atoms with Crippen molar-refractivity contribution in [3.8, 4) is 5.75 Å². The number of para-hydroxylation sites is 1. The van der Waals surface area contributed by atoms with Crippen LogP contribution >= 0.6 is 0 Å². The number of nitrogens with one attached hydrogen (secondary N) is 1. The lowest BCUT2D eigenvalue weighted by Crippen LogP contribution is -2.27. The number of nitro benzene ring substituents is 1. The monoisotopic (exact) mass is 336 g/mol. The normalized spacial score (nSPS) is 12.6. The minimum absolute atomic E-state index is 0.356. The van der Waals surface area contributed by atoms with Gasteiger partial charge in [-0.1, -0.05) is 24.3 Å². The standard InChI is InChI=1S/C15H16N2O5S/c1-11(12-7-9-13(22-2)10-8-12)16-23(20,21)15-6-4-3-5-14(15)17(18)19/h3-11,16H,1-2H3/t11-/m0/s1. The summed E-state index contributed by atoms with van der Waals surface area (Å²) in [7, 11) is -2.48. The van der Waals surface area contributed by atoms with Gasteiger partial charge in [0, 0.05) is 12.1 Å². The molecule has 0 unspecified atom stereocenters. The van der Waals surface area contributed by atoms with Gasteiger partial charge in [-0.3, -0.25) is 10.1 Å². The molecule has 0 bridgehead atoms. The van der Waals surface area contributed by atoms with Crippen molar-refractivity contribution in [2.24, 2.45) is 0 Å². The molecule has 0 aliphatic heterocycles. The minimum Gasteiger partial charge on any atom is -0.497 e. The van der Waals surface area contributed by atoms with Crippen LogP contribution in [0, 0.1) is 10.1 Å². The second-order valence-corrected chi connectivity index (χ2v) is 6.52. The Labute approximate surface area is 134 Å². The molecule has 0 saturated heterocycles. The fraction of sp³-hybridized carbons (Fsp3) is 0.200. The molecule has 23 heavy (non-hydrogen) atoms. The summed E-state index contributed by atoms with van der Waals surface area (Å²) in [6.45, 7) is 1.66. The van der Waals surface area contributed by atoms with E-state index in [2.05, 4.69) is 4.72 Å². The summed E-state index contributed by atoms with van der Waals surface area (Å²) in [5.74, 6) is 0.655. The Kier molecular flexibility index (Phi) is 4.97. The van der Waals surface area contributed by atoms with Crippen molar-refractivity contribution in [3.63, 3.8) is 0 Å². The molecule has 0 saturated carbocycles. The summed E-state index contributed by atoms with van der Waals surface area (Å²) < 4.78 is 32.3. The maximum absolute atomic E-state index is 12.4. The van der Waals surface area contributed by atoms with Gasteiger partial charge in [0.1, 0.15) is 5.75 Å². The second kappa shape index (κ2) is 6.76. The van der Waals surface area contributed by atoms with E-state index in [1.807, 2.05) is 0 Å². The number of methoxy groups -OCH3 is 1. The predicted octanol–water partition coefficient (Wildman–Crippen LogP) is 2.64. The van der Waals surface area contributed by atoms with Crippen molar-refractivity contribution in [1.29, 1.82) is 0 Å². The molecule has 1 N–H and O–H groups in total. The highest BCUT2D eigenvalue weighted by molar-refractivity contribution is 7.89. The Hall–Kier alpha value is -2.45. The minimum atomic E-state index is -4.02. The Morgan fingerprint density at radius 2 is 1.74 bits per heavy atom. The Bertz CT molecular complexity index is 803. The van der Waals surface area contributed by atoms with Crippen LogP contribution in [0.25, 0.3) is 0 Å². The molecule has 8 heteroatoms. The maximum Gasteiger partial charge on any atom is 0.289 e. The van der Waals surface area contributed by atoms with Crippen molar-refractivity contribution in [3.05, 3.63) is 64.2 Å². The van der Waals surface area contributed by atoms with Crippen LogP contribution in [-0.2, 0) is 10.0 Å². The topological polar surface area (TPSA) is 98.5 Å². The first kappa shape index (κ1) is 16.9. The summed E-state index contributed by atoms with van der Waals surface area (Å²) in [4.78, 5) is 9.92. The zero-order chi connectivity index (χ0) is 17.0. The molecule has 2 rings (SSSR count). The van der Waals surface area contributed by atoms with Crippen molar-refractivity contribution in [2.75, 3.05) is 7.11 Å². The Morgan fingerprint density at radius 1 is 1.13 bits per heavy atom. The number of rotatable bonds is 6. The van der Waals surface area contributed by atoms with Gasteiger partial charge in [-0.05, 0) is 30.7 Å². The molecular weight excluding hydrogens is 320 g/mol. The van der Waals surface area contributed by atoms with Gasteiger partial charge in [-0.2, -0.15) is 0 Å². The van der Waals surface area contributed by atoms with Gasteiger partial charge in [-0.25, -0.2) is 13.1 Å². The van der Waals surface area contributed by atoms with Crippen LogP contribution in [0.2, 0.25) is 0 Å². The third-order valence-electron chi connectivity index (χ3n) is 3.30. The van der Waals surface area contributed by atoms with E-state index >= 15 is 0 Å². The number of sulfonamides is 1. The Balaban J connectivity index is 2.28. The van der Waals surface area contributed by atoms with E-state index in [4.69, 9.17) is 4.74 Å². The molecular formula is C15H16N2O5S. The lowest BCUT2D eigenvalue weighted by molar-refractivity contribution is -0.387. The van der Waals surface area contributed by atoms with Crippen LogP contribution < -0.4 is 9.46 Å². The van der Waals surface area contributed by atoms with Gasteiger partial charge in [0.05, 0.1) is 12.0 Å². The van der Waals surface area contributed by atoms with Crippen LogP contribution in [-0.4, -0.2) is 20.5 Å². The van der Waals surface area contributed by atoms with E-state index in [9.17, 15) is 18.5 Å². The van der Waals surface area contributed by atoms with Crippen LogP contribution in [0.4, 0.5) is 5.69 Å². The van der Waals surface area contributed by atoms with Gasteiger partial charge in [-0.15, -0.1) is 0 Å². The van der Waals surface area contributed by atoms with Crippen molar-refractivity contribution in [1.82, 2.24) is 4.72 Å². The van der Waals surface area contributed by atoms with Crippen LogP contribution in [0.15, 0.2) is 53.4 Å². The maximum atomic E-state index is 12.4. The van der Waals surface area contributed by atoms with Crippen molar-refractivity contribution < 1.29 is 18.1 Å². The van der Waals surface area contributed by atoms with Crippen LogP contribution in [0.1, 0.15) is 18.5 Å². The smallest absolute Gasteiger partial charge is 0.289 e. The Morgan fingerprint density at radius 3 is 2.30 bits per heavy atom. The molecule has 0 aliphatic carbocycles. The van der Waals surface area contributed by atoms with Gasteiger partial charge in [0.2, 0.25) is 10.0 Å². The fourth-order valence-electron chi connectivity index (χ4n) is 2.09. The molecule has 0 heterocycles. The number of hydrogen-bond donors (Lipinski definition) is 1. The number of nitrogens with zero attached hydrogens (tertiary/aromatic N) is 1. The van der Waals surface area contributed by atoms with Gasteiger partial charge >= 0.3 is 0 Å². The molecule has 7 nitrogen and oxygen atoms in total. The summed E-state index contributed by atoms with van der Waals surface area (Å²) >= 11 is 0. The summed E-state index contributed by atoms with van der Waals surface area (Å²) in [5.41, 5.74) is 0.259. The molecule has 0 spiro atoms. The number of benzene rings is 2. The molecule has 0 amide bonds. The number of nitro groups is 1. The first-order chi connectivity index (χ1) is 10.8. The lowest BCUT2D eigenvalue weighted by Gasteiger charge is -2.15. The number of ether oxygens (including phenoxy) is 1. The molecule has 0 radical (unpaired) electrons. The second-order valence-electron chi connectivity index (χ2n) is 4.84. The molecule has 2 aromatic carbocycles. The fourth-order valence-corrected chi connectivity index (χ4v) is 3.50. The molecule has 1 atom stereocenters. The van der Waals surface area contributed by atoms with E-state index in [-0.39, 0.29) is 4.90 Å². The van der Waals surface area contributed by atoms with Crippen molar-refractivity contribution >= 4 is 15.7 Å². The molecule has 0 aromatic heterocycles. The van der Waals surface area contributed by atoms with E-state index in [0.29, 0.717) is 11.3 Å². The highest BCUT2D eigenvalue weighted by Crippen LogP contribution is 2.25. The third kappa shape index (κ3) is 3.85. The SMILES string of the molecule is COc1ccc([C@H](C)NS(=O)(=O)c2ccccc2[N+](=O)[O-])cc1. The average Bonchev–Trinajstić information content (AvgIpc) is 2.54. The van der Waals surface area contributed by atoms with E-state index in [0.717, 1.165) is 6.07 Å². The van der Waals surface area contributed by atoms with Gasteiger partial charge < -0.3 is 4.74 Å². The van der Waals surface area contributed by atoms with E-state index < -0.39 is 26.7 Å². The van der Waals surface area contributed by atoms with Crippen molar-refractivity contribution in [2.45, 2.75) is 17.9 Å². The summed E-state index contributed by atoms with van der Waals surface area (Å²) in [5, 5.41) is 11.0. The summed E-state index contributed by atoms with van der Waals surface area (Å²) in [6.07, 6.45) is 0. The highest BCUT2D eigenvalue weighted by atomic mass is 32.2. The van der Waals surface area contributed by atoms with Crippen LogP contribution in [0.5, 0.6) is 5.75 Å². The average molecular weight is 336 g/mol. The third-order valence-corrected chi connectivity index (χ3v) is 4.89. The van der Waals surface area contributed by atoms with E-state index in [1.54, 1.807) is 31.2 Å². The molecule has 2 aromatic rings. The quantitative estimate of drug-likeness (QED) is 0.646. The molecule has 122 valence electrons. The van der Waals surface area contributed by atoms with E-state index in [1.165, 1.54) is 25.3 Å². The molecule has 0 aliphatic rings. The van der Waals surface area contributed by atoms with Gasteiger partial charge in [0.15, 0.2) is 4.90 Å².